The van der Waals surface area contributed by atoms with E-state index in [0.29, 0.717) is 43.3 Å². The average Bonchev–Trinajstić information content (AvgIpc) is 3.54. The lowest BCUT2D eigenvalue weighted by atomic mass is 10.1. The highest BCUT2D eigenvalue weighted by molar-refractivity contribution is 7.09. The number of amides is 1. The summed E-state index contributed by atoms with van der Waals surface area (Å²) in [6.45, 7) is 4.16. The van der Waals surface area contributed by atoms with E-state index in [4.69, 9.17) is 9.47 Å². The van der Waals surface area contributed by atoms with Gasteiger partial charge in [0, 0.05) is 24.2 Å². The van der Waals surface area contributed by atoms with Crippen LogP contribution >= 0.6 is 11.3 Å². The van der Waals surface area contributed by atoms with Crippen LogP contribution in [0.5, 0.6) is 11.5 Å². The molecular weight excluding hydrogens is 434 g/mol. The second kappa shape index (κ2) is 10.8. The maximum absolute atomic E-state index is 13.1. The number of carbonyl (C=O) groups excluding carboxylic acids is 1. The number of ether oxygens (including phenoxy) is 2. The Labute approximate surface area is 198 Å². The van der Waals surface area contributed by atoms with Crippen LogP contribution in [-0.2, 0) is 19.7 Å². The van der Waals surface area contributed by atoms with Crippen LogP contribution in [0, 0.1) is 0 Å². The van der Waals surface area contributed by atoms with Crippen molar-refractivity contribution in [3.63, 3.8) is 0 Å². The van der Waals surface area contributed by atoms with Crippen molar-refractivity contribution < 1.29 is 14.3 Å². The van der Waals surface area contributed by atoms with E-state index >= 15 is 0 Å². The van der Waals surface area contributed by atoms with Gasteiger partial charge in [-0.3, -0.25) is 9.48 Å². The van der Waals surface area contributed by atoms with Crippen LogP contribution in [0.4, 0.5) is 0 Å². The van der Waals surface area contributed by atoms with E-state index in [2.05, 4.69) is 5.10 Å². The summed E-state index contributed by atoms with van der Waals surface area (Å²) < 4.78 is 13.2. The lowest BCUT2D eigenvalue weighted by Crippen LogP contribution is -2.30. The summed E-state index contributed by atoms with van der Waals surface area (Å²) in [4.78, 5) is 16.1. The predicted octanol–water partition coefficient (Wildman–Crippen LogP) is 5.24. The Morgan fingerprint density at radius 3 is 2.64 bits per heavy atom. The standard InChI is InChI=1S/C26H27N3O3S/c1-3-28(26(30)22-15-27-29(18-22)17-20-8-5-4-6-9-20)16-21-11-12-24(25(14-21)31-2)32-19-23-10-7-13-33-23/h4-15,18H,3,16-17,19H2,1-2H3. The van der Waals surface area contributed by atoms with E-state index in [1.54, 1.807) is 40.4 Å². The van der Waals surface area contributed by atoms with E-state index in [0.717, 1.165) is 16.0 Å². The Hall–Kier alpha value is -3.58. The minimum Gasteiger partial charge on any atom is -0.493 e. The number of nitrogens with zero attached hydrogens (tertiary/aromatic N) is 3. The predicted molar refractivity (Wildman–Crippen MR) is 130 cm³/mol. The molecule has 33 heavy (non-hydrogen) atoms. The molecule has 6 nitrogen and oxygen atoms in total. The normalized spacial score (nSPS) is 10.7. The third kappa shape index (κ3) is 5.81. The molecule has 0 fully saturated rings. The number of hydrogen-bond donors (Lipinski definition) is 0. The Morgan fingerprint density at radius 1 is 1.06 bits per heavy atom. The quantitative estimate of drug-likeness (QED) is 0.324. The zero-order chi connectivity index (χ0) is 23.0. The molecule has 1 amide bonds. The van der Waals surface area contributed by atoms with E-state index in [-0.39, 0.29) is 5.91 Å². The largest absolute Gasteiger partial charge is 0.493 e. The fourth-order valence-electron chi connectivity index (χ4n) is 3.53. The number of benzene rings is 2. The Kier molecular flexibility index (Phi) is 7.42. The minimum atomic E-state index is -0.0474. The second-order valence-corrected chi connectivity index (χ2v) is 8.62. The van der Waals surface area contributed by atoms with Crippen molar-refractivity contribution in [2.45, 2.75) is 26.6 Å². The fourth-order valence-corrected chi connectivity index (χ4v) is 4.15. The molecule has 4 rings (SSSR count). The zero-order valence-electron chi connectivity index (χ0n) is 18.8. The highest BCUT2D eigenvalue weighted by Crippen LogP contribution is 2.30. The number of methoxy groups -OCH3 is 1. The van der Waals surface area contributed by atoms with Gasteiger partial charge in [0.15, 0.2) is 11.5 Å². The number of carbonyl (C=O) groups is 1. The van der Waals surface area contributed by atoms with Crippen LogP contribution < -0.4 is 9.47 Å². The molecule has 0 saturated heterocycles. The fraction of sp³-hybridized carbons (Fsp3) is 0.231. The average molecular weight is 462 g/mol. The van der Waals surface area contributed by atoms with Crippen LogP contribution in [-0.4, -0.2) is 34.2 Å². The van der Waals surface area contributed by atoms with Crippen molar-refractivity contribution in [3.05, 3.63) is 100 Å². The van der Waals surface area contributed by atoms with Crippen molar-refractivity contribution in [2.75, 3.05) is 13.7 Å². The molecule has 0 aliphatic heterocycles. The lowest BCUT2D eigenvalue weighted by molar-refractivity contribution is 0.0752. The topological polar surface area (TPSA) is 56.6 Å². The molecule has 0 aliphatic rings. The zero-order valence-corrected chi connectivity index (χ0v) is 19.6. The molecule has 170 valence electrons. The highest BCUT2D eigenvalue weighted by atomic mass is 32.1. The smallest absolute Gasteiger partial charge is 0.257 e. The van der Waals surface area contributed by atoms with E-state index in [1.165, 1.54) is 0 Å². The van der Waals surface area contributed by atoms with E-state index in [9.17, 15) is 4.79 Å². The first kappa shape index (κ1) is 22.6. The van der Waals surface area contributed by atoms with E-state index < -0.39 is 0 Å². The summed E-state index contributed by atoms with van der Waals surface area (Å²) in [5.74, 6) is 1.29. The molecular formula is C26H27N3O3S. The molecule has 0 N–H and O–H groups in total. The van der Waals surface area contributed by atoms with Crippen molar-refractivity contribution >= 4 is 17.2 Å². The molecule has 7 heteroatoms. The van der Waals surface area contributed by atoms with Crippen molar-refractivity contribution in [3.8, 4) is 11.5 Å². The molecule has 4 aromatic rings. The number of rotatable bonds is 10. The number of thiophene rings is 1. The van der Waals surface area contributed by atoms with Crippen LogP contribution in [0.1, 0.15) is 33.3 Å². The third-order valence-corrected chi connectivity index (χ3v) is 6.14. The summed E-state index contributed by atoms with van der Waals surface area (Å²) in [5, 5.41) is 6.40. The number of aromatic nitrogens is 2. The van der Waals surface area contributed by atoms with Gasteiger partial charge in [0.05, 0.1) is 25.4 Å². The molecule has 2 aromatic heterocycles. The summed E-state index contributed by atoms with van der Waals surface area (Å²) in [7, 11) is 1.63. The van der Waals surface area contributed by atoms with Crippen LogP contribution in [0.3, 0.4) is 0 Å². The van der Waals surface area contributed by atoms with Crippen molar-refractivity contribution in [1.82, 2.24) is 14.7 Å². The van der Waals surface area contributed by atoms with Gasteiger partial charge in [-0.25, -0.2) is 0 Å². The SMILES string of the molecule is CCN(Cc1ccc(OCc2cccs2)c(OC)c1)C(=O)c1cnn(Cc2ccccc2)c1. The van der Waals surface area contributed by atoms with Gasteiger partial charge in [0.2, 0.25) is 0 Å². The summed E-state index contributed by atoms with van der Waals surface area (Å²) in [6.07, 6.45) is 3.44. The van der Waals surface area contributed by atoms with Gasteiger partial charge in [0.1, 0.15) is 6.61 Å². The monoisotopic (exact) mass is 461 g/mol. The minimum absolute atomic E-state index is 0.0474. The van der Waals surface area contributed by atoms with Gasteiger partial charge in [-0.2, -0.15) is 5.10 Å². The van der Waals surface area contributed by atoms with Gasteiger partial charge >= 0.3 is 0 Å². The third-order valence-electron chi connectivity index (χ3n) is 5.29. The molecule has 0 unspecified atom stereocenters. The maximum atomic E-state index is 13.1. The van der Waals surface area contributed by atoms with Crippen LogP contribution in [0.25, 0.3) is 0 Å². The highest BCUT2D eigenvalue weighted by Gasteiger charge is 2.18. The molecule has 0 spiro atoms. The molecule has 0 aliphatic carbocycles. The summed E-state index contributed by atoms with van der Waals surface area (Å²) in [5.41, 5.74) is 2.69. The second-order valence-electron chi connectivity index (χ2n) is 7.58. The van der Waals surface area contributed by atoms with Crippen LogP contribution in [0.2, 0.25) is 0 Å². The van der Waals surface area contributed by atoms with Gasteiger partial charge in [-0.05, 0) is 41.6 Å². The summed E-state index contributed by atoms with van der Waals surface area (Å²) >= 11 is 1.66. The summed E-state index contributed by atoms with van der Waals surface area (Å²) in [6, 6.07) is 19.9. The molecule has 2 heterocycles. The first-order chi connectivity index (χ1) is 16.2. The first-order valence-corrected chi connectivity index (χ1v) is 11.7. The molecule has 2 aromatic carbocycles. The van der Waals surface area contributed by atoms with Crippen molar-refractivity contribution in [1.29, 1.82) is 0 Å². The van der Waals surface area contributed by atoms with Gasteiger partial charge in [-0.1, -0.05) is 42.5 Å². The first-order valence-electron chi connectivity index (χ1n) is 10.8. The number of hydrogen-bond acceptors (Lipinski definition) is 5. The molecule has 0 saturated carbocycles. The Bertz CT molecular complexity index is 1170. The molecule has 0 bridgehead atoms. The lowest BCUT2D eigenvalue weighted by Gasteiger charge is -2.21. The van der Waals surface area contributed by atoms with Crippen molar-refractivity contribution in [2.24, 2.45) is 0 Å². The van der Waals surface area contributed by atoms with Crippen LogP contribution in [0.15, 0.2) is 78.4 Å². The Balaban J connectivity index is 1.42. The van der Waals surface area contributed by atoms with Gasteiger partial charge in [0.25, 0.3) is 5.91 Å². The maximum Gasteiger partial charge on any atom is 0.257 e. The Morgan fingerprint density at radius 2 is 1.91 bits per heavy atom. The molecule has 0 atom stereocenters. The van der Waals surface area contributed by atoms with Gasteiger partial charge in [-0.15, -0.1) is 11.3 Å². The van der Waals surface area contributed by atoms with Gasteiger partial charge < -0.3 is 14.4 Å². The van der Waals surface area contributed by atoms with E-state index in [1.807, 2.05) is 73.0 Å². The molecule has 0 radical (unpaired) electrons.